The summed E-state index contributed by atoms with van der Waals surface area (Å²) in [5.74, 6) is -0.241. The van der Waals surface area contributed by atoms with Gasteiger partial charge in [0.2, 0.25) is 0 Å². The number of rotatable bonds is 2. The van der Waals surface area contributed by atoms with Gasteiger partial charge >= 0.3 is 0 Å². The fourth-order valence-electron chi connectivity index (χ4n) is 1.97. The van der Waals surface area contributed by atoms with Gasteiger partial charge in [-0.1, -0.05) is 0 Å². The van der Waals surface area contributed by atoms with E-state index in [4.69, 9.17) is 17.0 Å². The molecule has 0 fully saturated rings. The van der Waals surface area contributed by atoms with Crippen molar-refractivity contribution in [3.63, 3.8) is 0 Å². The molecule has 19 heavy (non-hydrogen) atoms. The van der Waals surface area contributed by atoms with E-state index in [0.29, 0.717) is 16.1 Å². The third-order valence-corrected chi connectivity index (χ3v) is 3.12. The molecule has 0 radical (unpaired) electrons. The number of hydrogen-bond donors (Lipinski definition) is 1. The van der Waals surface area contributed by atoms with Crippen LogP contribution in [0.2, 0.25) is 0 Å². The van der Waals surface area contributed by atoms with E-state index in [2.05, 4.69) is 9.97 Å². The molecule has 4 nitrogen and oxygen atoms in total. The number of imidazole rings is 1. The lowest BCUT2D eigenvalue weighted by atomic mass is 10.3. The zero-order chi connectivity index (χ0) is 13.4. The molecule has 2 aromatic heterocycles. The molecule has 0 aliphatic heterocycles. The summed E-state index contributed by atoms with van der Waals surface area (Å²) < 4.78 is 20.8. The van der Waals surface area contributed by atoms with Gasteiger partial charge in [0.25, 0.3) is 0 Å². The van der Waals surface area contributed by atoms with Gasteiger partial charge in [0.05, 0.1) is 18.3 Å². The highest BCUT2D eigenvalue weighted by Crippen LogP contribution is 2.23. The van der Waals surface area contributed by atoms with E-state index in [9.17, 15) is 4.39 Å². The van der Waals surface area contributed by atoms with Gasteiger partial charge in [0.1, 0.15) is 0 Å². The van der Waals surface area contributed by atoms with Crippen molar-refractivity contribution in [2.75, 3.05) is 7.11 Å². The quantitative estimate of drug-likeness (QED) is 0.730. The van der Waals surface area contributed by atoms with Crippen molar-refractivity contribution in [3.8, 4) is 11.4 Å². The Balaban J connectivity index is 2.27. The van der Waals surface area contributed by atoms with Crippen LogP contribution in [0.25, 0.3) is 16.9 Å². The number of methoxy groups -OCH3 is 1. The van der Waals surface area contributed by atoms with E-state index in [1.165, 1.54) is 13.2 Å². The third-order valence-electron chi connectivity index (χ3n) is 2.84. The van der Waals surface area contributed by atoms with E-state index in [1.807, 2.05) is 12.1 Å². The monoisotopic (exact) mass is 275 g/mol. The Bertz CT molecular complexity index is 809. The van der Waals surface area contributed by atoms with Crippen LogP contribution < -0.4 is 4.74 Å². The average Bonchev–Trinajstić information content (AvgIpc) is 2.74. The van der Waals surface area contributed by atoms with Crippen LogP contribution >= 0.6 is 12.2 Å². The lowest BCUT2D eigenvalue weighted by Gasteiger charge is -2.06. The number of fused-ring (bicyclic) bond motifs is 1. The van der Waals surface area contributed by atoms with Crippen molar-refractivity contribution in [1.29, 1.82) is 0 Å². The van der Waals surface area contributed by atoms with Gasteiger partial charge in [-0.2, -0.15) is 0 Å². The lowest BCUT2D eigenvalue weighted by molar-refractivity contribution is 0.386. The first kappa shape index (κ1) is 11.9. The average molecular weight is 275 g/mol. The number of nitrogens with zero attached hydrogens (tertiary/aromatic N) is 2. The second kappa shape index (κ2) is 4.47. The van der Waals surface area contributed by atoms with Crippen LogP contribution in [0.1, 0.15) is 0 Å². The van der Waals surface area contributed by atoms with Gasteiger partial charge < -0.3 is 9.72 Å². The van der Waals surface area contributed by atoms with Crippen LogP contribution in [0.15, 0.2) is 36.5 Å². The molecular formula is C13H10FN3OS. The van der Waals surface area contributed by atoms with Gasteiger partial charge in [0, 0.05) is 12.3 Å². The predicted molar refractivity (Wildman–Crippen MR) is 72.8 cm³/mol. The summed E-state index contributed by atoms with van der Waals surface area (Å²) >= 11 is 5.25. The number of H-pyrrole nitrogens is 1. The summed E-state index contributed by atoms with van der Waals surface area (Å²) in [6, 6.07) is 8.35. The van der Waals surface area contributed by atoms with Crippen LogP contribution in [0, 0.1) is 10.6 Å². The minimum absolute atomic E-state index is 0.197. The molecule has 96 valence electrons. The van der Waals surface area contributed by atoms with Crippen molar-refractivity contribution >= 4 is 23.4 Å². The van der Waals surface area contributed by atoms with E-state index >= 15 is 0 Å². The molecule has 0 aliphatic rings. The molecule has 0 saturated carbocycles. The van der Waals surface area contributed by atoms with E-state index in [-0.39, 0.29) is 5.75 Å². The van der Waals surface area contributed by atoms with E-state index in [0.717, 1.165) is 5.52 Å². The molecule has 2 heterocycles. The molecule has 6 heteroatoms. The number of benzene rings is 1. The van der Waals surface area contributed by atoms with Gasteiger partial charge in [-0.3, -0.25) is 4.57 Å². The zero-order valence-electron chi connectivity index (χ0n) is 10.1. The minimum Gasteiger partial charge on any atom is -0.494 e. The van der Waals surface area contributed by atoms with E-state index < -0.39 is 5.82 Å². The maximum absolute atomic E-state index is 13.8. The molecule has 1 aromatic carbocycles. The Morgan fingerprint density at radius 3 is 2.95 bits per heavy atom. The van der Waals surface area contributed by atoms with Crippen molar-refractivity contribution in [2.45, 2.75) is 0 Å². The molecular weight excluding hydrogens is 265 g/mol. The molecule has 0 bridgehead atoms. The number of nitrogens with one attached hydrogen (secondary N) is 1. The topological polar surface area (TPSA) is 42.8 Å². The number of aromatic amines is 1. The Morgan fingerprint density at radius 1 is 1.37 bits per heavy atom. The maximum atomic E-state index is 13.8. The molecule has 3 rings (SSSR count). The van der Waals surface area contributed by atoms with Crippen molar-refractivity contribution in [1.82, 2.24) is 14.5 Å². The first-order chi connectivity index (χ1) is 9.20. The highest BCUT2D eigenvalue weighted by atomic mass is 32.1. The van der Waals surface area contributed by atoms with Crippen LogP contribution in [0.4, 0.5) is 4.39 Å². The number of aromatic nitrogens is 3. The molecule has 0 unspecified atom stereocenters. The summed E-state index contributed by atoms with van der Waals surface area (Å²) in [7, 11) is 1.43. The highest BCUT2D eigenvalue weighted by molar-refractivity contribution is 7.71. The number of hydrogen-bond acceptors (Lipinski definition) is 3. The Hall–Kier alpha value is -2.21. The zero-order valence-corrected chi connectivity index (χ0v) is 10.9. The number of halogens is 1. The Kier molecular flexibility index (Phi) is 2.79. The first-order valence-electron chi connectivity index (χ1n) is 5.60. The molecule has 1 N–H and O–H groups in total. The van der Waals surface area contributed by atoms with Crippen LogP contribution in [0.5, 0.6) is 5.75 Å². The normalized spacial score (nSPS) is 10.8. The third kappa shape index (κ3) is 1.90. The second-order valence-corrected chi connectivity index (χ2v) is 4.35. The van der Waals surface area contributed by atoms with E-state index in [1.54, 1.807) is 22.9 Å². The summed E-state index contributed by atoms with van der Waals surface area (Å²) in [5, 5.41) is 0. The van der Waals surface area contributed by atoms with Gasteiger partial charge in [0.15, 0.2) is 22.0 Å². The number of ether oxygens (including phenoxy) is 1. The minimum atomic E-state index is -0.438. The first-order valence-corrected chi connectivity index (χ1v) is 6.01. The molecule has 0 aliphatic carbocycles. The summed E-state index contributed by atoms with van der Waals surface area (Å²) in [6.45, 7) is 0. The van der Waals surface area contributed by atoms with Crippen molar-refractivity contribution in [2.24, 2.45) is 0 Å². The molecule has 0 saturated heterocycles. The van der Waals surface area contributed by atoms with Gasteiger partial charge in [-0.15, -0.1) is 0 Å². The predicted octanol–water partition coefficient (Wildman–Crippen LogP) is 3.23. The standard InChI is InChI=1S/C13H10FN3OS/c1-18-11-5-4-8(7-9(11)14)17-12-10(16-13(17)19)3-2-6-15-12/h2-7H,1H3,(H,16,19). The second-order valence-electron chi connectivity index (χ2n) is 3.96. The molecule has 0 atom stereocenters. The fourth-order valence-corrected chi connectivity index (χ4v) is 2.28. The summed E-state index contributed by atoms with van der Waals surface area (Å²) in [4.78, 5) is 7.30. The fraction of sp³-hybridized carbons (Fsp3) is 0.0769. The molecule has 3 aromatic rings. The van der Waals surface area contributed by atoms with Crippen LogP contribution in [-0.4, -0.2) is 21.6 Å². The Labute approximate surface area is 113 Å². The van der Waals surface area contributed by atoms with Gasteiger partial charge in [-0.05, 0) is 36.5 Å². The molecule has 0 spiro atoms. The maximum Gasteiger partial charge on any atom is 0.183 e. The Morgan fingerprint density at radius 2 is 2.21 bits per heavy atom. The van der Waals surface area contributed by atoms with Gasteiger partial charge in [-0.25, -0.2) is 9.37 Å². The smallest absolute Gasteiger partial charge is 0.183 e. The SMILES string of the molecule is COc1ccc(-n2c(=S)[nH]c3cccnc32)cc1F. The summed E-state index contributed by atoms with van der Waals surface area (Å²) in [6.07, 6.45) is 1.67. The largest absolute Gasteiger partial charge is 0.494 e. The lowest BCUT2D eigenvalue weighted by Crippen LogP contribution is -1.97. The summed E-state index contributed by atoms with van der Waals surface area (Å²) in [5.41, 5.74) is 2.08. The number of pyridine rings is 1. The highest BCUT2D eigenvalue weighted by Gasteiger charge is 2.10. The van der Waals surface area contributed by atoms with Crippen LogP contribution in [0.3, 0.4) is 0 Å². The van der Waals surface area contributed by atoms with Crippen molar-refractivity contribution in [3.05, 3.63) is 47.1 Å². The van der Waals surface area contributed by atoms with Crippen molar-refractivity contribution < 1.29 is 9.13 Å². The molecule has 0 amide bonds. The van der Waals surface area contributed by atoms with Crippen LogP contribution in [-0.2, 0) is 0 Å².